The summed E-state index contributed by atoms with van der Waals surface area (Å²) < 4.78 is 0. The largest absolute Gasteiger partial charge is 0.0995 e. The van der Waals surface area contributed by atoms with Crippen LogP contribution in [0.2, 0.25) is 0 Å². The molecule has 2 aliphatic rings. The average Bonchev–Trinajstić information content (AvgIpc) is 2.36. The third kappa shape index (κ3) is 2.67. The summed E-state index contributed by atoms with van der Waals surface area (Å²) in [6, 6.07) is 0. The first kappa shape index (κ1) is 15.6. The maximum Gasteiger partial charge on any atom is -0.0114 e. The highest BCUT2D eigenvalue weighted by Crippen LogP contribution is 2.61. The molecule has 0 heteroatoms. The Morgan fingerprint density at radius 1 is 1.30 bits per heavy atom. The Kier molecular flexibility index (Phi) is 4.33. The third-order valence-electron chi connectivity index (χ3n) is 6.32. The van der Waals surface area contributed by atoms with Gasteiger partial charge in [0, 0.05) is 0 Å². The van der Waals surface area contributed by atoms with Crippen molar-refractivity contribution in [2.75, 3.05) is 0 Å². The third-order valence-corrected chi connectivity index (χ3v) is 6.32. The minimum Gasteiger partial charge on any atom is -0.0995 e. The predicted molar refractivity (Wildman–Crippen MR) is 89.7 cm³/mol. The van der Waals surface area contributed by atoms with E-state index in [-0.39, 0.29) is 0 Å². The van der Waals surface area contributed by atoms with Gasteiger partial charge in [0.1, 0.15) is 0 Å². The number of rotatable bonds is 3. The van der Waals surface area contributed by atoms with Crippen molar-refractivity contribution in [3.63, 3.8) is 0 Å². The standard InChI is InChI=1S/C20H32/c1-7-15(2)9-11-17-16(3)10-12-18-19(4,5)13-8-14-20(17,18)6/h7,9,17-18H,1,3,8,10-14H2,2,4-6H3/b15-9+/t17-,18?,20+/m0/s1. The molecule has 0 N–H and O–H groups in total. The monoisotopic (exact) mass is 272 g/mol. The van der Waals surface area contributed by atoms with Crippen molar-refractivity contribution in [1.82, 2.24) is 0 Å². The van der Waals surface area contributed by atoms with Crippen LogP contribution in [-0.4, -0.2) is 0 Å². The Morgan fingerprint density at radius 3 is 2.65 bits per heavy atom. The lowest BCUT2D eigenvalue weighted by molar-refractivity contribution is -0.0510. The van der Waals surface area contributed by atoms with Gasteiger partial charge < -0.3 is 0 Å². The molecule has 20 heavy (non-hydrogen) atoms. The molecule has 0 nitrogen and oxygen atoms in total. The highest BCUT2D eigenvalue weighted by Gasteiger charge is 2.52. The van der Waals surface area contributed by atoms with E-state index in [0.717, 1.165) is 12.3 Å². The van der Waals surface area contributed by atoms with Crippen LogP contribution >= 0.6 is 0 Å². The van der Waals surface area contributed by atoms with Crippen molar-refractivity contribution in [2.24, 2.45) is 22.7 Å². The van der Waals surface area contributed by atoms with Gasteiger partial charge in [0.05, 0.1) is 0 Å². The highest BCUT2D eigenvalue weighted by atomic mass is 14.6. The number of fused-ring (bicyclic) bond motifs is 1. The fourth-order valence-electron chi connectivity index (χ4n) is 5.10. The highest BCUT2D eigenvalue weighted by molar-refractivity contribution is 5.20. The van der Waals surface area contributed by atoms with Gasteiger partial charge in [0.15, 0.2) is 0 Å². The van der Waals surface area contributed by atoms with E-state index in [4.69, 9.17) is 0 Å². The van der Waals surface area contributed by atoms with Crippen LogP contribution in [0.4, 0.5) is 0 Å². The molecule has 0 amide bonds. The molecule has 3 atom stereocenters. The summed E-state index contributed by atoms with van der Waals surface area (Å²) in [5.74, 6) is 1.52. The fraction of sp³-hybridized carbons (Fsp3) is 0.700. The van der Waals surface area contributed by atoms with Crippen molar-refractivity contribution in [1.29, 1.82) is 0 Å². The zero-order valence-corrected chi connectivity index (χ0v) is 14.0. The summed E-state index contributed by atoms with van der Waals surface area (Å²) >= 11 is 0. The average molecular weight is 272 g/mol. The molecule has 0 heterocycles. The van der Waals surface area contributed by atoms with E-state index in [1.54, 1.807) is 0 Å². The molecule has 0 bridgehead atoms. The maximum absolute atomic E-state index is 4.43. The second-order valence-electron chi connectivity index (χ2n) is 8.04. The molecule has 1 unspecified atom stereocenters. The summed E-state index contributed by atoms with van der Waals surface area (Å²) in [6.07, 6.45) is 12.2. The van der Waals surface area contributed by atoms with Crippen LogP contribution in [0.3, 0.4) is 0 Å². The lowest BCUT2D eigenvalue weighted by Gasteiger charge is -2.58. The quantitative estimate of drug-likeness (QED) is 0.417. The van der Waals surface area contributed by atoms with Crippen LogP contribution in [0.5, 0.6) is 0 Å². The van der Waals surface area contributed by atoms with Crippen LogP contribution in [0.15, 0.2) is 36.5 Å². The zero-order valence-electron chi connectivity index (χ0n) is 14.0. The molecule has 112 valence electrons. The van der Waals surface area contributed by atoms with E-state index < -0.39 is 0 Å². The van der Waals surface area contributed by atoms with Crippen LogP contribution in [0.25, 0.3) is 0 Å². The summed E-state index contributed by atoms with van der Waals surface area (Å²) in [7, 11) is 0. The molecule has 2 fully saturated rings. The Hall–Kier alpha value is -0.780. The van der Waals surface area contributed by atoms with Gasteiger partial charge in [-0.25, -0.2) is 0 Å². The van der Waals surface area contributed by atoms with Crippen LogP contribution in [0, 0.1) is 22.7 Å². The van der Waals surface area contributed by atoms with E-state index in [1.807, 2.05) is 6.08 Å². The molecule has 0 aromatic carbocycles. The molecule has 2 saturated carbocycles. The molecule has 2 aliphatic carbocycles. The molecule has 0 radical (unpaired) electrons. The molecule has 0 aromatic rings. The number of allylic oxidation sites excluding steroid dienone is 4. The van der Waals surface area contributed by atoms with Crippen molar-refractivity contribution in [2.45, 2.75) is 66.2 Å². The zero-order chi connectivity index (χ0) is 15.0. The van der Waals surface area contributed by atoms with Crippen LogP contribution in [-0.2, 0) is 0 Å². The van der Waals surface area contributed by atoms with Crippen molar-refractivity contribution >= 4 is 0 Å². The molecular formula is C20H32. The fourth-order valence-corrected chi connectivity index (χ4v) is 5.10. The SMILES string of the molecule is C=C/C(C)=C/C[C@H]1C(=C)CCC2C(C)(C)CCC[C@@]21C. The van der Waals surface area contributed by atoms with Gasteiger partial charge in [0.25, 0.3) is 0 Å². The first-order valence-corrected chi connectivity index (χ1v) is 8.28. The van der Waals surface area contributed by atoms with Crippen LogP contribution < -0.4 is 0 Å². The van der Waals surface area contributed by atoms with Gasteiger partial charge in [-0.3, -0.25) is 0 Å². The van der Waals surface area contributed by atoms with E-state index in [0.29, 0.717) is 16.7 Å². The molecule has 0 aromatic heterocycles. The molecule has 0 aliphatic heterocycles. The topological polar surface area (TPSA) is 0 Å². The van der Waals surface area contributed by atoms with E-state index >= 15 is 0 Å². The predicted octanol–water partition coefficient (Wildman–Crippen LogP) is 6.31. The van der Waals surface area contributed by atoms with E-state index in [2.05, 4.69) is 46.9 Å². The molecule has 0 saturated heterocycles. The minimum absolute atomic E-state index is 0.453. The van der Waals surface area contributed by atoms with Gasteiger partial charge in [-0.05, 0) is 61.7 Å². The molecule has 2 rings (SSSR count). The molecule has 0 spiro atoms. The van der Waals surface area contributed by atoms with Gasteiger partial charge >= 0.3 is 0 Å². The first-order chi connectivity index (χ1) is 9.31. The normalized spacial score (nSPS) is 37.4. The Balaban J connectivity index is 2.28. The van der Waals surface area contributed by atoms with Gasteiger partial charge in [-0.2, -0.15) is 0 Å². The minimum atomic E-state index is 0.453. The van der Waals surface area contributed by atoms with E-state index in [1.165, 1.54) is 43.3 Å². The summed E-state index contributed by atoms with van der Waals surface area (Å²) in [6.45, 7) is 18.0. The van der Waals surface area contributed by atoms with Gasteiger partial charge in [-0.15, -0.1) is 0 Å². The number of hydrogen-bond acceptors (Lipinski definition) is 0. The Morgan fingerprint density at radius 2 is 2.00 bits per heavy atom. The van der Waals surface area contributed by atoms with Gasteiger partial charge in [0.2, 0.25) is 0 Å². The van der Waals surface area contributed by atoms with Gasteiger partial charge in [-0.1, -0.05) is 63.6 Å². The number of hydrogen-bond donors (Lipinski definition) is 0. The first-order valence-electron chi connectivity index (χ1n) is 8.28. The summed E-state index contributed by atoms with van der Waals surface area (Å²) in [5.41, 5.74) is 3.76. The Bertz CT molecular complexity index is 423. The van der Waals surface area contributed by atoms with Crippen molar-refractivity contribution in [3.05, 3.63) is 36.5 Å². The maximum atomic E-state index is 4.43. The smallest absolute Gasteiger partial charge is 0.0114 e. The lowest BCUT2D eigenvalue weighted by Crippen LogP contribution is -2.49. The van der Waals surface area contributed by atoms with Crippen molar-refractivity contribution < 1.29 is 0 Å². The van der Waals surface area contributed by atoms with Crippen molar-refractivity contribution in [3.8, 4) is 0 Å². The second kappa shape index (κ2) is 5.54. The Labute approximate surface area is 126 Å². The summed E-state index contributed by atoms with van der Waals surface area (Å²) in [5, 5.41) is 0. The molecular weight excluding hydrogens is 240 g/mol. The van der Waals surface area contributed by atoms with E-state index in [9.17, 15) is 0 Å². The lowest BCUT2D eigenvalue weighted by atomic mass is 9.47. The summed E-state index contributed by atoms with van der Waals surface area (Å²) in [4.78, 5) is 0. The van der Waals surface area contributed by atoms with Crippen LogP contribution in [0.1, 0.15) is 66.2 Å². The second-order valence-corrected chi connectivity index (χ2v) is 8.04.